The molecule has 0 spiro atoms. The molecule has 0 aliphatic heterocycles. The number of nitro benzene ring substituents is 1. The molecular weight excluding hydrogens is 399 g/mol. The van der Waals surface area contributed by atoms with E-state index in [1.807, 2.05) is 26.0 Å². The van der Waals surface area contributed by atoms with Gasteiger partial charge in [0.1, 0.15) is 11.4 Å². The van der Waals surface area contributed by atoms with Crippen molar-refractivity contribution in [2.75, 3.05) is 10.6 Å². The summed E-state index contributed by atoms with van der Waals surface area (Å²) in [5, 5.41) is 16.3. The van der Waals surface area contributed by atoms with E-state index in [1.165, 1.54) is 18.2 Å². The maximum absolute atomic E-state index is 13.4. The third-order valence-electron chi connectivity index (χ3n) is 4.25. The number of hydrogen-bond donors (Lipinski definition) is 2. The molecule has 0 saturated heterocycles. The molecule has 0 atom stereocenters. The fourth-order valence-corrected chi connectivity index (χ4v) is 2.66. The molecule has 0 bridgehead atoms. The zero-order valence-corrected chi connectivity index (χ0v) is 16.1. The van der Waals surface area contributed by atoms with Gasteiger partial charge in [0, 0.05) is 29.7 Å². The number of benzene rings is 2. The van der Waals surface area contributed by atoms with Crippen molar-refractivity contribution in [3.8, 4) is 0 Å². The van der Waals surface area contributed by atoms with Crippen LogP contribution in [0.15, 0.2) is 54.7 Å². The summed E-state index contributed by atoms with van der Waals surface area (Å²) in [6, 6.07) is 12.5. The lowest BCUT2D eigenvalue weighted by molar-refractivity contribution is -0.384. The monoisotopic (exact) mass is 417 g/mol. The number of alkyl halides is 3. The number of halogens is 3. The third-order valence-corrected chi connectivity index (χ3v) is 4.25. The van der Waals surface area contributed by atoms with Crippen molar-refractivity contribution in [2.24, 2.45) is 0 Å². The van der Waals surface area contributed by atoms with Crippen LogP contribution in [-0.2, 0) is 6.18 Å². The predicted octanol–water partition coefficient (Wildman–Crippen LogP) is 6.01. The minimum atomic E-state index is -4.71. The minimum Gasteiger partial charge on any atom is -0.339 e. The van der Waals surface area contributed by atoms with Crippen molar-refractivity contribution in [1.29, 1.82) is 0 Å². The predicted molar refractivity (Wildman–Crippen MR) is 107 cm³/mol. The molecule has 3 rings (SSSR count). The fraction of sp³-hybridized carbons (Fsp3) is 0.200. The molecule has 3 aromatic rings. The highest BCUT2D eigenvalue weighted by Crippen LogP contribution is 2.35. The van der Waals surface area contributed by atoms with E-state index in [1.54, 1.807) is 12.1 Å². The lowest BCUT2D eigenvalue weighted by atomic mass is 10.0. The van der Waals surface area contributed by atoms with Crippen LogP contribution in [0.1, 0.15) is 30.9 Å². The van der Waals surface area contributed by atoms with E-state index < -0.39 is 22.5 Å². The highest BCUT2D eigenvalue weighted by atomic mass is 19.4. The number of nitro groups is 1. The standard InChI is InChI=1S/C20H18F3N5O2/c1-12(2)13-6-8-14(9-7-13)26-19-24-11-17(20(21,22)23)18(27-19)25-15-4-3-5-16(10-15)28(29)30/h3-12H,1-2H3,(H2,24,25,26,27). The number of nitrogens with one attached hydrogen (secondary N) is 2. The molecule has 0 amide bonds. The van der Waals surface area contributed by atoms with E-state index in [0.29, 0.717) is 17.8 Å². The summed E-state index contributed by atoms with van der Waals surface area (Å²) < 4.78 is 40.2. The minimum absolute atomic E-state index is 0.0479. The summed E-state index contributed by atoms with van der Waals surface area (Å²) in [4.78, 5) is 18.0. The molecule has 0 aliphatic carbocycles. The molecule has 0 radical (unpaired) electrons. The van der Waals surface area contributed by atoms with Crippen LogP contribution in [0.5, 0.6) is 0 Å². The van der Waals surface area contributed by atoms with Crippen molar-refractivity contribution >= 4 is 28.8 Å². The van der Waals surface area contributed by atoms with Crippen molar-refractivity contribution in [3.05, 3.63) is 76.0 Å². The summed E-state index contributed by atoms with van der Waals surface area (Å²) in [6.45, 7) is 4.10. The van der Waals surface area contributed by atoms with E-state index in [2.05, 4.69) is 20.6 Å². The van der Waals surface area contributed by atoms with Gasteiger partial charge in [-0.1, -0.05) is 32.0 Å². The van der Waals surface area contributed by atoms with Gasteiger partial charge in [-0.3, -0.25) is 10.1 Å². The van der Waals surface area contributed by atoms with Gasteiger partial charge in [-0.25, -0.2) is 4.98 Å². The number of aromatic nitrogens is 2. The Labute approximate surface area is 170 Å². The fourth-order valence-electron chi connectivity index (χ4n) is 2.66. The number of anilines is 4. The highest BCUT2D eigenvalue weighted by molar-refractivity contribution is 5.64. The Morgan fingerprint density at radius 3 is 2.33 bits per heavy atom. The van der Waals surface area contributed by atoms with Crippen LogP contribution in [0, 0.1) is 10.1 Å². The second kappa shape index (κ2) is 8.36. The maximum Gasteiger partial charge on any atom is 0.421 e. The van der Waals surface area contributed by atoms with Gasteiger partial charge in [0.2, 0.25) is 5.95 Å². The molecule has 1 heterocycles. The Morgan fingerprint density at radius 1 is 1.03 bits per heavy atom. The first-order valence-electron chi connectivity index (χ1n) is 8.96. The molecule has 7 nitrogen and oxygen atoms in total. The average Bonchev–Trinajstić information content (AvgIpc) is 2.68. The second-order valence-corrected chi connectivity index (χ2v) is 6.79. The van der Waals surface area contributed by atoms with Gasteiger partial charge >= 0.3 is 6.18 Å². The van der Waals surface area contributed by atoms with E-state index in [-0.39, 0.29) is 17.3 Å². The Hall–Kier alpha value is -3.69. The van der Waals surface area contributed by atoms with E-state index >= 15 is 0 Å². The summed E-state index contributed by atoms with van der Waals surface area (Å²) in [5.74, 6) is -0.223. The number of nitrogens with zero attached hydrogens (tertiary/aromatic N) is 3. The number of hydrogen-bond acceptors (Lipinski definition) is 6. The van der Waals surface area contributed by atoms with Gasteiger partial charge in [-0.2, -0.15) is 18.2 Å². The Morgan fingerprint density at radius 2 is 1.73 bits per heavy atom. The van der Waals surface area contributed by atoms with Gasteiger partial charge < -0.3 is 10.6 Å². The van der Waals surface area contributed by atoms with Crippen molar-refractivity contribution in [3.63, 3.8) is 0 Å². The summed E-state index contributed by atoms with van der Waals surface area (Å²) >= 11 is 0. The molecule has 10 heteroatoms. The summed E-state index contributed by atoms with van der Waals surface area (Å²) in [6.07, 6.45) is -4.04. The lowest BCUT2D eigenvalue weighted by Crippen LogP contribution is -2.12. The van der Waals surface area contributed by atoms with Gasteiger partial charge in [0.05, 0.1) is 4.92 Å². The number of rotatable bonds is 6. The first kappa shape index (κ1) is 21.0. The SMILES string of the molecule is CC(C)c1ccc(Nc2ncc(C(F)(F)F)c(Nc3cccc([N+](=O)[O-])c3)n2)cc1. The smallest absolute Gasteiger partial charge is 0.339 e. The summed E-state index contributed by atoms with van der Waals surface area (Å²) in [7, 11) is 0. The van der Waals surface area contributed by atoms with Crippen LogP contribution in [-0.4, -0.2) is 14.9 Å². The van der Waals surface area contributed by atoms with Crippen LogP contribution in [0.25, 0.3) is 0 Å². The molecular formula is C20H18F3N5O2. The molecule has 2 N–H and O–H groups in total. The molecule has 2 aromatic carbocycles. The molecule has 0 fully saturated rings. The zero-order valence-electron chi connectivity index (χ0n) is 16.1. The molecule has 0 saturated carbocycles. The van der Waals surface area contributed by atoms with Crippen molar-refractivity contribution in [1.82, 2.24) is 9.97 Å². The van der Waals surface area contributed by atoms with Crippen molar-refractivity contribution in [2.45, 2.75) is 25.9 Å². The molecule has 30 heavy (non-hydrogen) atoms. The molecule has 156 valence electrons. The lowest BCUT2D eigenvalue weighted by Gasteiger charge is -2.15. The van der Waals surface area contributed by atoms with Crippen LogP contribution in [0.3, 0.4) is 0 Å². The van der Waals surface area contributed by atoms with Gasteiger partial charge in [0.25, 0.3) is 5.69 Å². The van der Waals surface area contributed by atoms with Crippen LogP contribution in [0.2, 0.25) is 0 Å². The van der Waals surface area contributed by atoms with Gasteiger partial charge in [0.15, 0.2) is 0 Å². The topological polar surface area (TPSA) is 93.0 Å². The van der Waals surface area contributed by atoms with Crippen LogP contribution in [0.4, 0.5) is 42.0 Å². The average molecular weight is 417 g/mol. The normalized spacial score (nSPS) is 11.4. The highest BCUT2D eigenvalue weighted by Gasteiger charge is 2.35. The Kier molecular flexibility index (Phi) is 5.86. The van der Waals surface area contributed by atoms with Crippen LogP contribution < -0.4 is 10.6 Å². The molecule has 0 unspecified atom stereocenters. The Balaban J connectivity index is 1.92. The zero-order chi connectivity index (χ0) is 21.9. The van der Waals surface area contributed by atoms with E-state index in [0.717, 1.165) is 11.6 Å². The quantitative estimate of drug-likeness (QED) is 0.377. The first-order valence-corrected chi connectivity index (χ1v) is 8.96. The Bertz CT molecular complexity index is 1050. The van der Waals surface area contributed by atoms with Crippen LogP contribution >= 0.6 is 0 Å². The summed E-state index contributed by atoms with van der Waals surface area (Å²) in [5.41, 5.74) is 0.476. The first-order chi connectivity index (χ1) is 14.1. The molecule has 0 aliphatic rings. The van der Waals surface area contributed by atoms with Crippen molar-refractivity contribution < 1.29 is 18.1 Å². The largest absolute Gasteiger partial charge is 0.421 e. The number of non-ortho nitro benzene ring substituents is 1. The molecule has 1 aromatic heterocycles. The van der Waals surface area contributed by atoms with Gasteiger partial charge in [-0.15, -0.1) is 0 Å². The van der Waals surface area contributed by atoms with E-state index in [4.69, 9.17) is 0 Å². The van der Waals surface area contributed by atoms with E-state index in [9.17, 15) is 23.3 Å². The second-order valence-electron chi connectivity index (χ2n) is 6.79. The van der Waals surface area contributed by atoms with Gasteiger partial charge in [-0.05, 0) is 29.7 Å². The maximum atomic E-state index is 13.4. The third kappa shape index (κ3) is 5.02.